The molecular formula is C22H28N2O3S. The lowest BCUT2D eigenvalue weighted by Gasteiger charge is -2.38. The van der Waals surface area contributed by atoms with Crippen molar-refractivity contribution in [2.24, 2.45) is 5.41 Å². The lowest BCUT2D eigenvalue weighted by molar-refractivity contribution is 0.0583. The fourth-order valence-corrected chi connectivity index (χ4v) is 4.80. The summed E-state index contributed by atoms with van der Waals surface area (Å²) in [5, 5.41) is 0. The standard InChI is InChI=1S/C22H28N2O3S/c1-17-6-12-20(13-7-17)28(26,27)23(4)19-10-8-18(9-11-19)21(25)24-15-5-14-22(2,3)16-24/h6-13H,5,14-16H2,1-4H3. The molecule has 0 atom stereocenters. The van der Waals surface area contributed by atoms with E-state index < -0.39 is 10.0 Å². The Morgan fingerprint density at radius 3 is 2.21 bits per heavy atom. The summed E-state index contributed by atoms with van der Waals surface area (Å²) in [4.78, 5) is 15.0. The Balaban J connectivity index is 1.78. The van der Waals surface area contributed by atoms with Crippen molar-refractivity contribution < 1.29 is 13.2 Å². The summed E-state index contributed by atoms with van der Waals surface area (Å²) in [6, 6.07) is 13.6. The molecule has 2 aromatic carbocycles. The second-order valence-electron chi connectivity index (χ2n) is 8.33. The van der Waals surface area contributed by atoms with Gasteiger partial charge in [-0.2, -0.15) is 0 Å². The van der Waals surface area contributed by atoms with Crippen molar-refractivity contribution in [2.45, 2.75) is 38.5 Å². The van der Waals surface area contributed by atoms with Gasteiger partial charge in [0.15, 0.2) is 0 Å². The minimum absolute atomic E-state index is 0.00312. The van der Waals surface area contributed by atoms with Crippen LogP contribution in [0.3, 0.4) is 0 Å². The van der Waals surface area contributed by atoms with E-state index in [4.69, 9.17) is 0 Å². The van der Waals surface area contributed by atoms with Crippen LogP contribution in [0.1, 0.15) is 42.6 Å². The number of sulfonamides is 1. The summed E-state index contributed by atoms with van der Waals surface area (Å²) in [5.74, 6) is 0.00312. The van der Waals surface area contributed by atoms with Crippen LogP contribution in [0.2, 0.25) is 0 Å². The van der Waals surface area contributed by atoms with Gasteiger partial charge in [0, 0.05) is 25.7 Å². The summed E-state index contributed by atoms with van der Waals surface area (Å²) >= 11 is 0. The highest BCUT2D eigenvalue weighted by molar-refractivity contribution is 7.92. The Labute approximate surface area is 168 Å². The van der Waals surface area contributed by atoms with E-state index in [0.29, 0.717) is 11.3 Å². The molecule has 28 heavy (non-hydrogen) atoms. The van der Waals surface area contributed by atoms with E-state index in [0.717, 1.165) is 31.5 Å². The molecule has 0 saturated carbocycles. The molecule has 0 aliphatic carbocycles. The molecule has 0 bridgehead atoms. The SMILES string of the molecule is Cc1ccc(S(=O)(=O)N(C)c2ccc(C(=O)N3CCCC(C)(C)C3)cc2)cc1. The number of likely N-dealkylation sites (tertiary alicyclic amines) is 1. The van der Waals surface area contributed by atoms with Crippen LogP contribution in [0.15, 0.2) is 53.4 Å². The normalized spacial score (nSPS) is 16.6. The minimum Gasteiger partial charge on any atom is -0.338 e. The van der Waals surface area contributed by atoms with Gasteiger partial charge in [-0.15, -0.1) is 0 Å². The third-order valence-electron chi connectivity index (χ3n) is 5.34. The van der Waals surface area contributed by atoms with Gasteiger partial charge >= 0.3 is 0 Å². The summed E-state index contributed by atoms with van der Waals surface area (Å²) in [5.41, 5.74) is 2.25. The largest absolute Gasteiger partial charge is 0.338 e. The maximum atomic E-state index is 12.8. The molecule has 150 valence electrons. The zero-order valence-electron chi connectivity index (χ0n) is 17.0. The van der Waals surface area contributed by atoms with Crippen molar-refractivity contribution in [3.63, 3.8) is 0 Å². The number of rotatable bonds is 4. The first-order chi connectivity index (χ1) is 13.1. The zero-order valence-corrected chi connectivity index (χ0v) is 17.8. The van der Waals surface area contributed by atoms with Gasteiger partial charge in [-0.3, -0.25) is 9.10 Å². The molecule has 1 saturated heterocycles. The van der Waals surface area contributed by atoms with Gasteiger partial charge in [-0.1, -0.05) is 31.5 Å². The van der Waals surface area contributed by atoms with Crippen molar-refractivity contribution in [1.82, 2.24) is 4.90 Å². The van der Waals surface area contributed by atoms with E-state index in [1.54, 1.807) is 48.5 Å². The van der Waals surface area contributed by atoms with E-state index in [9.17, 15) is 13.2 Å². The lowest BCUT2D eigenvalue weighted by Crippen LogP contribution is -2.43. The summed E-state index contributed by atoms with van der Waals surface area (Å²) in [6.45, 7) is 7.79. The molecule has 1 heterocycles. The van der Waals surface area contributed by atoms with Gasteiger partial charge in [-0.05, 0) is 61.6 Å². The van der Waals surface area contributed by atoms with Crippen molar-refractivity contribution in [3.8, 4) is 0 Å². The quantitative estimate of drug-likeness (QED) is 0.777. The van der Waals surface area contributed by atoms with Crippen LogP contribution in [0, 0.1) is 12.3 Å². The average Bonchev–Trinajstić information content (AvgIpc) is 2.66. The molecule has 1 fully saturated rings. The zero-order chi connectivity index (χ0) is 20.5. The molecule has 0 aromatic heterocycles. The number of piperidine rings is 1. The molecule has 1 amide bonds. The highest BCUT2D eigenvalue weighted by Crippen LogP contribution is 2.29. The fourth-order valence-electron chi connectivity index (χ4n) is 3.60. The number of nitrogens with zero attached hydrogens (tertiary/aromatic N) is 2. The monoisotopic (exact) mass is 400 g/mol. The number of benzene rings is 2. The van der Waals surface area contributed by atoms with E-state index in [-0.39, 0.29) is 16.2 Å². The molecule has 6 heteroatoms. The summed E-state index contributed by atoms with van der Waals surface area (Å²) in [6.07, 6.45) is 2.13. The number of hydrogen-bond donors (Lipinski definition) is 0. The van der Waals surface area contributed by atoms with E-state index in [1.165, 1.54) is 11.4 Å². The summed E-state index contributed by atoms with van der Waals surface area (Å²) in [7, 11) is -2.11. The topological polar surface area (TPSA) is 57.7 Å². The first kappa shape index (κ1) is 20.4. The number of carbonyl (C=O) groups excluding carboxylic acids is 1. The van der Waals surface area contributed by atoms with E-state index in [1.807, 2.05) is 11.8 Å². The van der Waals surface area contributed by atoms with Crippen molar-refractivity contribution >= 4 is 21.6 Å². The maximum Gasteiger partial charge on any atom is 0.264 e. The maximum absolute atomic E-state index is 12.8. The summed E-state index contributed by atoms with van der Waals surface area (Å²) < 4.78 is 26.9. The predicted octanol–water partition coefficient (Wildman–Crippen LogP) is 4.08. The Morgan fingerprint density at radius 1 is 1.04 bits per heavy atom. The van der Waals surface area contributed by atoms with Gasteiger partial charge in [0.05, 0.1) is 10.6 Å². The molecule has 1 aliphatic rings. The number of anilines is 1. The second kappa shape index (κ2) is 7.59. The first-order valence-corrected chi connectivity index (χ1v) is 11.0. The second-order valence-corrected chi connectivity index (χ2v) is 10.3. The van der Waals surface area contributed by atoms with Crippen LogP contribution in [0.4, 0.5) is 5.69 Å². The van der Waals surface area contributed by atoms with Crippen molar-refractivity contribution in [1.29, 1.82) is 0 Å². The first-order valence-electron chi connectivity index (χ1n) is 9.55. The highest BCUT2D eigenvalue weighted by Gasteiger charge is 2.29. The predicted molar refractivity (Wildman–Crippen MR) is 112 cm³/mol. The molecule has 0 unspecified atom stereocenters. The molecule has 3 rings (SSSR count). The van der Waals surface area contributed by atoms with Crippen LogP contribution in [0.5, 0.6) is 0 Å². The van der Waals surface area contributed by atoms with Crippen LogP contribution in [0.25, 0.3) is 0 Å². The van der Waals surface area contributed by atoms with E-state index in [2.05, 4.69) is 13.8 Å². The Hall–Kier alpha value is -2.34. The van der Waals surface area contributed by atoms with Crippen LogP contribution >= 0.6 is 0 Å². The van der Waals surface area contributed by atoms with Gasteiger partial charge in [-0.25, -0.2) is 8.42 Å². The van der Waals surface area contributed by atoms with Gasteiger partial charge < -0.3 is 4.90 Å². The van der Waals surface area contributed by atoms with Crippen LogP contribution in [-0.4, -0.2) is 39.4 Å². The number of carbonyl (C=O) groups is 1. The number of aryl methyl sites for hydroxylation is 1. The molecule has 0 spiro atoms. The van der Waals surface area contributed by atoms with E-state index >= 15 is 0 Å². The number of hydrogen-bond acceptors (Lipinski definition) is 3. The van der Waals surface area contributed by atoms with Crippen molar-refractivity contribution in [2.75, 3.05) is 24.4 Å². The molecule has 0 N–H and O–H groups in total. The molecule has 0 radical (unpaired) electrons. The lowest BCUT2D eigenvalue weighted by atomic mass is 9.84. The minimum atomic E-state index is -3.64. The van der Waals surface area contributed by atoms with Gasteiger partial charge in [0.25, 0.3) is 15.9 Å². The average molecular weight is 401 g/mol. The Bertz CT molecular complexity index is 948. The smallest absolute Gasteiger partial charge is 0.264 e. The molecule has 1 aliphatic heterocycles. The van der Waals surface area contributed by atoms with Crippen LogP contribution < -0.4 is 4.31 Å². The van der Waals surface area contributed by atoms with Crippen molar-refractivity contribution in [3.05, 3.63) is 59.7 Å². The fraction of sp³-hybridized carbons (Fsp3) is 0.409. The highest BCUT2D eigenvalue weighted by atomic mass is 32.2. The molecule has 5 nitrogen and oxygen atoms in total. The number of amides is 1. The Morgan fingerprint density at radius 2 is 1.64 bits per heavy atom. The third-order valence-corrected chi connectivity index (χ3v) is 7.14. The molecule has 2 aromatic rings. The molecular weight excluding hydrogens is 372 g/mol. The van der Waals surface area contributed by atoms with Gasteiger partial charge in [0.2, 0.25) is 0 Å². The van der Waals surface area contributed by atoms with Crippen LogP contribution in [-0.2, 0) is 10.0 Å². The third kappa shape index (κ3) is 4.22. The Kier molecular flexibility index (Phi) is 5.53. The van der Waals surface area contributed by atoms with Gasteiger partial charge in [0.1, 0.15) is 0 Å².